The second-order valence-electron chi connectivity index (χ2n) is 6.97. The van der Waals surface area contributed by atoms with Crippen molar-refractivity contribution in [3.63, 3.8) is 0 Å². The van der Waals surface area contributed by atoms with Crippen molar-refractivity contribution < 1.29 is 19.1 Å². The van der Waals surface area contributed by atoms with Crippen molar-refractivity contribution in [2.45, 2.75) is 39.7 Å². The lowest BCUT2D eigenvalue weighted by atomic mass is 10.1. The summed E-state index contributed by atoms with van der Waals surface area (Å²) >= 11 is 0. The van der Waals surface area contributed by atoms with Crippen LogP contribution in [0.15, 0.2) is 42.5 Å². The van der Waals surface area contributed by atoms with Gasteiger partial charge in [-0.15, -0.1) is 0 Å². The Morgan fingerprint density at radius 1 is 1.10 bits per heavy atom. The Labute approximate surface area is 171 Å². The van der Waals surface area contributed by atoms with Gasteiger partial charge in [-0.1, -0.05) is 12.1 Å². The second-order valence-corrected chi connectivity index (χ2v) is 6.97. The van der Waals surface area contributed by atoms with E-state index in [1.165, 1.54) is 0 Å². The van der Waals surface area contributed by atoms with Crippen molar-refractivity contribution in [2.75, 3.05) is 24.7 Å². The first kappa shape index (κ1) is 20.7. The van der Waals surface area contributed by atoms with Gasteiger partial charge < -0.3 is 19.7 Å². The lowest BCUT2D eigenvalue weighted by molar-refractivity contribution is -0.117. The zero-order valence-corrected chi connectivity index (χ0v) is 17.2. The molecule has 2 amide bonds. The van der Waals surface area contributed by atoms with Gasteiger partial charge >= 0.3 is 0 Å². The van der Waals surface area contributed by atoms with Gasteiger partial charge in [-0.05, 0) is 63.1 Å². The van der Waals surface area contributed by atoms with Crippen molar-refractivity contribution in [2.24, 2.45) is 0 Å². The highest BCUT2D eigenvalue weighted by Gasteiger charge is 2.22. The Morgan fingerprint density at radius 3 is 2.55 bits per heavy atom. The molecule has 0 bridgehead atoms. The van der Waals surface area contributed by atoms with Crippen LogP contribution in [-0.4, -0.2) is 31.6 Å². The Morgan fingerprint density at radius 2 is 1.86 bits per heavy atom. The minimum atomic E-state index is -0.213. The molecule has 0 spiro atoms. The number of rotatable bonds is 8. The average Bonchev–Trinajstić information content (AvgIpc) is 3.15. The summed E-state index contributed by atoms with van der Waals surface area (Å²) < 4.78 is 11.3. The van der Waals surface area contributed by atoms with Crippen molar-refractivity contribution in [3.8, 4) is 11.5 Å². The molecule has 1 aliphatic rings. The van der Waals surface area contributed by atoms with Crippen LogP contribution >= 0.6 is 0 Å². The summed E-state index contributed by atoms with van der Waals surface area (Å²) in [4.78, 5) is 26.5. The van der Waals surface area contributed by atoms with Crippen molar-refractivity contribution in [3.05, 3.63) is 53.6 Å². The predicted octanol–water partition coefficient (Wildman–Crippen LogP) is 4.10. The van der Waals surface area contributed by atoms with Gasteiger partial charge in [-0.2, -0.15) is 0 Å². The van der Waals surface area contributed by atoms with Gasteiger partial charge in [0, 0.05) is 24.2 Å². The summed E-state index contributed by atoms with van der Waals surface area (Å²) in [6.07, 6.45) is 1.42. The van der Waals surface area contributed by atoms with Crippen LogP contribution in [0.4, 0.5) is 5.69 Å². The molecular formula is C23H28N2O4. The van der Waals surface area contributed by atoms with Crippen LogP contribution in [0.2, 0.25) is 0 Å². The SMILES string of the molecule is CCOc1ccc([C@@H](C)NC(=O)c2cccc(N3CCCC3=O)c2)cc1OCC. The Hall–Kier alpha value is -3.02. The van der Waals surface area contributed by atoms with E-state index < -0.39 is 0 Å². The minimum Gasteiger partial charge on any atom is -0.490 e. The van der Waals surface area contributed by atoms with E-state index in [0.717, 1.165) is 17.7 Å². The molecular weight excluding hydrogens is 368 g/mol. The molecule has 2 aromatic rings. The molecule has 0 radical (unpaired) electrons. The summed E-state index contributed by atoms with van der Waals surface area (Å²) in [5.74, 6) is 1.29. The number of carbonyl (C=O) groups excluding carboxylic acids is 2. The lowest BCUT2D eigenvalue weighted by Crippen LogP contribution is -2.28. The zero-order valence-electron chi connectivity index (χ0n) is 17.2. The molecule has 29 heavy (non-hydrogen) atoms. The van der Waals surface area contributed by atoms with Crippen LogP contribution in [-0.2, 0) is 4.79 Å². The van der Waals surface area contributed by atoms with Gasteiger partial charge in [-0.25, -0.2) is 0 Å². The van der Waals surface area contributed by atoms with Gasteiger partial charge in [0.25, 0.3) is 5.91 Å². The maximum absolute atomic E-state index is 12.8. The van der Waals surface area contributed by atoms with E-state index in [9.17, 15) is 9.59 Å². The van der Waals surface area contributed by atoms with Crippen LogP contribution < -0.4 is 19.7 Å². The first-order valence-corrected chi connectivity index (χ1v) is 10.1. The summed E-state index contributed by atoms with van der Waals surface area (Å²) in [7, 11) is 0. The molecule has 1 fully saturated rings. The smallest absolute Gasteiger partial charge is 0.251 e. The third kappa shape index (κ3) is 4.88. The molecule has 1 saturated heterocycles. The molecule has 0 aliphatic carbocycles. The predicted molar refractivity (Wildman–Crippen MR) is 113 cm³/mol. The van der Waals surface area contributed by atoms with E-state index >= 15 is 0 Å². The molecule has 154 valence electrons. The van der Waals surface area contributed by atoms with E-state index in [-0.39, 0.29) is 17.9 Å². The number of amides is 2. The van der Waals surface area contributed by atoms with Crippen LogP contribution in [0.25, 0.3) is 0 Å². The molecule has 0 aromatic heterocycles. The first-order chi connectivity index (χ1) is 14.0. The average molecular weight is 396 g/mol. The molecule has 6 nitrogen and oxygen atoms in total. The lowest BCUT2D eigenvalue weighted by Gasteiger charge is -2.19. The number of hydrogen-bond acceptors (Lipinski definition) is 4. The Bertz CT molecular complexity index is 881. The number of anilines is 1. The Kier molecular flexibility index (Phi) is 6.75. The Balaban J connectivity index is 1.73. The topological polar surface area (TPSA) is 67.9 Å². The fraction of sp³-hybridized carbons (Fsp3) is 0.391. The monoisotopic (exact) mass is 396 g/mol. The molecule has 0 saturated carbocycles. The molecule has 2 aromatic carbocycles. The number of nitrogens with zero attached hydrogens (tertiary/aromatic N) is 1. The molecule has 3 rings (SSSR count). The van der Waals surface area contributed by atoms with Gasteiger partial charge in [0.1, 0.15) is 0 Å². The fourth-order valence-corrected chi connectivity index (χ4v) is 3.44. The van der Waals surface area contributed by atoms with E-state index in [1.54, 1.807) is 17.0 Å². The van der Waals surface area contributed by atoms with Crippen molar-refractivity contribution in [1.29, 1.82) is 0 Å². The maximum atomic E-state index is 12.8. The number of hydrogen-bond donors (Lipinski definition) is 1. The minimum absolute atomic E-state index is 0.105. The van der Waals surface area contributed by atoms with Crippen LogP contribution in [0.1, 0.15) is 55.6 Å². The normalized spacial score (nSPS) is 14.6. The van der Waals surface area contributed by atoms with Gasteiger partial charge in [0.15, 0.2) is 11.5 Å². The van der Waals surface area contributed by atoms with Gasteiger partial charge in [0.05, 0.1) is 19.3 Å². The van der Waals surface area contributed by atoms with E-state index in [2.05, 4.69) is 5.32 Å². The summed E-state index contributed by atoms with van der Waals surface area (Å²) in [6.45, 7) is 7.57. The van der Waals surface area contributed by atoms with Crippen LogP contribution in [0.3, 0.4) is 0 Å². The number of nitrogens with one attached hydrogen (secondary N) is 1. The zero-order chi connectivity index (χ0) is 20.8. The fourth-order valence-electron chi connectivity index (χ4n) is 3.44. The maximum Gasteiger partial charge on any atom is 0.251 e. The quantitative estimate of drug-likeness (QED) is 0.729. The highest BCUT2D eigenvalue weighted by Crippen LogP contribution is 2.31. The van der Waals surface area contributed by atoms with Gasteiger partial charge in [0.2, 0.25) is 5.91 Å². The highest BCUT2D eigenvalue weighted by atomic mass is 16.5. The van der Waals surface area contributed by atoms with E-state index in [1.807, 2.05) is 51.1 Å². The number of carbonyl (C=O) groups is 2. The van der Waals surface area contributed by atoms with Crippen LogP contribution in [0, 0.1) is 0 Å². The standard InChI is InChI=1S/C23H28N2O4/c1-4-28-20-12-11-17(15-21(20)29-5-2)16(3)24-23(27)18-8-6-9-19(14-18)25-13-7-10-22(25)26/h6,8-9,11-12,14-16H,4-5,7,10,13H2,1-3H3,(H,24,27)/t16-/m1/s1. The van der Waals surface area contributed by atoms with Crippen molar-refractivity contribution in [1.82, 2.24) is 5.32 Å². The summed E-state index contributed by atoms with van der Waals surface area (Å²) in [5.41, 5.74) is 2.23. The molecule has 0 unspecified atom stereocenters. The van der Waals surface area contributed by atoms with E-state index in [4.69, 9.17) is 9.47 Å². The number of ether oxygens (including phenoxy) is 2. The summed E-state index contributed by atoms with van der Waals surface area (Å²) in [6, 6.07) is 12.7. The molecule has 1 atom stereocenters. The number of benzene rings is 2. The molecule has 1 N–H and O–H groups in total. The molecule has 1 aliphatic heterocycles. The largest absolute Gasteiger partial charge is 0.490 e. The van der Waals surface area contributed by atoms with Crippen molar-refractivity contribution >= 4 is 17.5 Å². The first-order valence-electron chi connectivity index (χ1n) is 10.1. The molecule has 6 heteroatoms. The highest BCUT2D eigenvalue weighted by molar-refractivity contribution is 5.99. The van der Waals surface area contributed by atoms with E-state index in [0.29, 0.717) is 43.2 Å². The third-order valence-electron chi connectivity index (χ3n) is 4.91. The second kappa shape index (κ2) is 9.45. The van der Waals surface area contributed by atoms with Crippen LogP contribution in [0.5, 0.6) is 11.5 Å². The summed E-state index contributed by atoms with van der Waals surface area (Å²) in [5, 5.41) is 3.02. The third-order valence-corrected chi connectivity index (χ3v) is 4.91. The van der Waals surface area contributed by atoms with Gasteiger partial charge in [-0.3, -0.25) is 9.59 Å². The molecule has 1 heterocycles.